The number of benzene rings is 2. The molecule has 2 aliphatic rings. The number of amides is 2. The molecule has 3 atom stereocenters. The molecule has 0 bridgehead atoms. The highest BCUT2D eigenvalue weighted by Crippen LogP contribution is 2.54. The molecule has 1 aromatic heterocycles. The van der Waals surface area contributed by atoms with Crippen molar-refractivity contribution in [3.8, 4) is 0 Å². The molecular weight excluding hydrogens is 392 g/mol. The van der Waals surface area contributed by atoms with Crippen LogP contribution in [0.1, 0.15) is 39.9 Å². The largest absolute Gasteiger partial charge is 0.337 e. The highest BCUT2D eigenvalue weighted by atomic mass is 19.1. The fourth-order valence-corrected chi connectivity index (χ4v) is 4.00. The van der Waals surface area contributed by atoms with Gasteiger partial charge in [-0.25, -0.2) is 13.8 Å². The molecule has 3 N–H and O–H groups in total. The van der Waals surface area contributed by atoms with E-state index in [4.69, 9.17) is 0 Å². The normalized spacial score (nSPS) is 21.8. The number of halogens is 2. The van der Waals surface area contributed by atoms with Gasteiger partial charge in [0.15, 0.2) is 0 Å². The summed E-state index contributed by atoms with van der Waals surface area (Å²) in [7, 11) is 0. The molecule has 2 aromatic carbocycles. The van der Waals surface area contributed by atoms with Gasteiger partial charge in [-0.2, -0.15) is 0 Å². The maximum absolute atomic E-state index is 14.1. The molecule has 1 aliphatic carbocycles. The molecule has 1 fully saturated rings. The third-order valence-electron chi connectivity index (χ3n) is 5.52. The first-order valence-electron chi connectivity index (χ1n) is 9.55. The Kier molecular flexibility index (Phi) is 4.30. The molecule has 2 heterocycles. The molecule has 1 unspecified atom stereocenters. The Morgan fingerprint density at radius 3 is 2.80 bits per heavy atom. The van der Waals surface area contributed by atoms with E-state index in [0.29, 0.717) is 24.2 Å². The summed E-state index contributed by atoms with van der Waals surface area (Å²) in [6.45, 7) is 0. The summed E-state index contributed by atoms with van der Waals surface area (Å²) in [4.78, 5) is 29.5. The third kappa shape index (κ3) is 3.32. The molecule has 1 aliphatic heterocycles. The van der Waals surface area contributed by atoms with Crippen LogP contribution in [0.25, 0.3) is 0 Å². The fourth-order valence-electron chi connectivity index (χ4n) is 4.00. The summed E-state index contributed by atoms with van der Waals surface area (Å²) in [6, 6.07) is 10.7. The minimum absolute atomic E-state index is 0.0197. The lowest BCUT2D eigenvalue weighted by atomic mass is 10.1. The number of hydrogen-bond donors (Lipinski definition) is 3. The van der Waals surface area contributed by atoms with Crippen molar-refractivity contribution in [2.45, 2.75) is 24.8 Å². The highest BCUT2D eigenvalue weighted by molar-refractivity contribution is 6.01. The molecule has 152 valence electrons. The number of nitrogens with zero attached hydrogens (tertiary/aromatic N) is 2. The first kappa shape index (κ1) is 18.4. The van der Waals surface area contributed by atoms with Gasteiger partial charge in [0.25, 0.3) is 5.91 Å². The molecular formula is C21H17F2N5O2. The predicted molar refractivity (Wildman–Crippen MR) is 103 cm³/mol. The summed E-state index contributed by atoms with van der Waals surface area (Å²) < 4.78 is 27.8. The Hall–Kier alpha value is -3.62. The monoisotopic (exact) mass is 409 g/mol. The molecule has 9 heteroatoms. The van der Waals surface area contributed by atoms with E-state index in [2.05, 4.69) is 25.8 Å². The van der Waals surface area contributed by atoms with Gasteiger partial charge in [-0.15, -0.1) is 5.10 Å². The van der Waals surface area contributed by atoms with Crippen LogP contribution in [-0.4, -0.2) is 33.0 Å². The van der Waals surface area contributed by atoms with Gasteiger partial charge in [0.1, 0.15) is 23.5 Å². The minimum atomic E-state index is -0.881. The number of aromatic amines is 1. The molecule has 1 saturated carbocycles. The summed E-state index contributed by atoms with van der Waals surface area (Å²) in [5.41, 5.74) is 1.41. The lowest BCUT2D eigenvalue weighted by Gasteiger charge is -2.15. The van der Waals surface area contributed by atoms with Crippen molar-refractivity contribution in [3.63, 3.8) is 0 Å². The Morgan fingerprint density at radius 2 is 2.00 bits per heavy atom. The Bertz CT molecular complexity index is 1150. The molecule has 0 radical (unpaired) electrons. The summed E-state index contributed by atoms with van der Waals surface area (Å²) in [5, 5.41) is 11.8. The molecule has 5 rings (SSSR count). The summed E-state index contributed by atoms with van der Waals surface area (Å²) in [5.74, 6) is -2.66. The van der Waals surface area contributed by atoms with E-state index in [1.54, 1.807) is 0 Å². The first-order valence-corrected chi connectivity index (χ1v) is 9.55. The van der Waals surface area contributed by atoms with Crippen molar-refractivity contribution in [2.75, 3.05) is 5.32 Å². The van der Waals surface area contributed by atoms with Crippen LogP contribution in [0.3, 0.4) is 0 Å². The molecule has 2 amide bonds. The van der Waals surface area contributed by atoms with E-state index >= 15 is 0 Å². The van der Waals surface area contributed by atoms with Gasteiger partial charge < -0.3 is 10.6 Å². The molecule has 3 aromatic rings. The van der Waals surface area contributed by atoms with Crippen molar-refractivity contribution in [1.82, 2.24) is 20.5 Å². The Morgan fingerprint density at radius 1 is 1.20 bits per heavy atom. The Balaban J connectivity index is 1.32. The molecule has 30 heavy (non-hydrogen) atoms. The van der Waals surface area contributed by atoms with Gasteiger partial charge in [-0.05, 0) is 35.4 Å². The number of anilines is 1. The van der Waals surface area contributed by atoms with Crippen LogP contribution in [-0.2, 0) is 11.2 Å². The number of fused-ring (bicyclic) bond motifs is 3. The van der Waals surface area contributed by atoms with Gasteiger partial charge in [-0.3, -0.25) is 14.7 Å². The minimum Gasteiger partial charge on any atom is -0.337 e. The number of aromatic nitrogens is 3. The van der Waals surface area contributed by atoms with E-state index in [1.807, 2.05) is 30.3 Å². The van der Waals surface area contributed by atoms with Gasteiger partial charge in [0, 0.05) is 12.5 Å². The average molecular weight is 409 g/mol. The van der Waals surface area contributed by atoms with E-state index < -0.39 is 29.5 Å². The topological polar surface area (TPSA) is 99.8 Å². The van der Waals surface area contributed by atoms with Crippen molar-refractivity contribution in [2.24, 2.45) is 5.92 Å². The zero-order valence-corrected chi connectivity index (χ0v) is 15.7. The number of H-pyrrole nitrogens is 1. The number of carbonyl (C=O) groups excluding carboxylic acids is 2. The second-order valence-electron chi connectivity index (χ2n) is 7.57. The van der Waals surface area contributed by atoms with Crippen LogP contribution in [0.4, 0.5) is 14.5 Å². The van der Waals surface area contributed by atoms with E-state index in [9.17, 15) is 18.4 Å². The lowest BCUT2D eigenvalue weighted by molar-refractivity contribution is -0.118. The van der Waals surface area contributed by atoms with Gasteiger partial charge >= 0.3 is 0 Å². The SMILES string of the molecule is O=C(N[C@@H]1C(=O)Nc2c(F)cc(F)cc2[C@@H]2CC12)c1n[nH]c(Cc2ccccc2)n1. The zero-order valence-electron chi connectivity index (χ0n) is 15.7. The van der Waals surface area contributed by atoms with Crippen molar-refractivity contribution in [1.29, 1.82) is 0 Å². The predicted octanol–water partition coefficient (Wildman–Crippen LogP) is 2.53. The number of nitrogens with one attached hydrogen (secondary N) is 3. The smallest absolute Gasteiger partial charge is 0.291 e. The lowest BCUT2D eigenvalue weighted by Crippen LogP contribution is -2.45. The highest BCUT2D eigenvalue weighted by Gasteiger charge is 2.51. The second-order valence-corrected chi connectivity index (χ2v) is 7.57. The fraction of sp³-hybridized carbons (Fsp3) is 0.238. The van der Waals surface area contributed by atoms with Crippen LogP contribution in [0.15, 0.2) is 42.5 Å². The average Bonchev–Trinajstić information content (AvgIpc) is 3.39. The third-order valence-corrected chi connectivity index (χ3v) is 5.52. The summed E-state index contributed by atoms with van der Waals surface area (Å²) >= 11 is 0. The van der Waals surface area contributed by atoms with E-state index in [0.717, 1.165) is 11.6 Å². The zero-order chi connectivity index (χ0) is 20.8. The maximum atomic E-state index is 14.1. The van der Waals surface area contributed by atoms with Crippen LogP contribution in [0.5, 0.6) is 0 Å². The standard InChI is InChI=1S/C21H17F2N5O2/c22-11-7-13-12-9-14(12)18(20(29)25-17(13)15(23)8-11)26-21(30)19-24-16(27-28-19)6-10-4-2-1-3-5-10/h1-5,7-8,12,14,18H,6,9H2,(H,25,29)(H,26,30)(H,24,27,28)/t12-,14?,18-/m0/s1. The van der Waals surface area contributed by atoms with Crippen molar-refractivity contribution >= 4 is 17.5 Å². The van der Waals surface area contributed by atoms with Gasteiger partial charge in [-0.1, -0.05) is 30.3 Å². The molecule has 0 saturated heterocycles. The molecule has 0 spiro atoms. The van der Waals surface area contributed by atoms with Crippen LogP contribution in [0.2, 0.25) is 0 Å². The number of carbonyl (C=O) groups is 2. The number of rotatable bonds is 4. The van der Waals surface area contributed by atoms with Crippen LogP contribution in [0, 0.1) is 17.6 Å². The quantitative estimate of drug-likeness (QED) is 0.617. The van der Waals surface area contributed by atoms with Gasteiger partial charge in [0.05, 0.1) is 5.69 Å². The van der Waals surface area contributed by atoms with Gasteiger partial charge in [0.2, 0.25) is 11.7 Å². The Labute approximate surface area is 169 Å². The van der Waals surface area contributed by atoms with Crippen LogP contribution >= 0.6 is 0 Å². The van der Waals surface area contributed by atoms with Crippen LogP contribution < -0.4 is 10.6 Å². The van der Waals surface area contributed by atoms with Crippen molar-refractivity contribution < 1.29 is 18.4 Å². The summed E-state index contributed by atoms with van der Waals surface area (Å²) in [6.07, 6.45) is 1.04. The van der Waals surface area contributed by atoms with E-state index in [-0.39, 0.29) is 23.3 Å². The van der Waals surface area contributed by atoms with Crippen molar-refractivity contribution in [3.05, 3.63) is 76.9 Å². The second kappa shape index (κ2) is 7.01. The number of hydrogen-bond acceptors (Lipinski definition) is 4. The maximum Gasteiger partial charge on any atom is 0.291 e. The first-order chi connectivity index (χ1) is 14.5. The van der Waals surface area contributed by atoms with E-state index in [1.165, 1.54) is 6.07 Å². The molecule has 7 nitrogen and oxygen atoms in total.